The van der Waals surface area contributed by atoms with Crippen molar-refractivity contribution < 1.29 is 9.53 Å². The normalized spacial score (nSPS) is 15.5. The van der Waals surface area contributed by atoms with Crippen molar-refractivity contribution in [1.82, 2.24) is 15.1 Å². The zero-order valence-corrected chi connectivity index (χ0v) is 20.9. The zero-order valence-electron chi connectivity index (χ0n) is 20.1. The lowest BCUT2D eigenvalue weighted by Gasteiger charge is -2.26. The fourth-order valence-corrected chi connectivity index (χ4v) is 4.66. The smallest absolute Gasteiger partial charge is 0.255 e. The highest BCUT2D eigenvalue weighted by Crippen LogP contribution is 2.29. The Morgan fingerprint density at radius 1 is 0.971 bits per heavy atom. The Morgan fingerprint density at radius 3 is 2.03 bits per heavy atom. The van der Waals surface area contributed by atoms with E-state index in [-0.39, 0.29) is 11.9 Å². The summed E-state index contributed by atoms with van der Waals surface area (Å²) >= 11 is 6.25. The van der Waals surface area contributed by atoms with Crippen molar-refractivity contribution in [3.63, 3.8) is 0 Å². The first-order valence-corrected chi connectivity index (χ1v) is 12.4. The van der Waals surface area contributed by atoms with E-state index in [1.165, 1.54) is 11.1 Å². The zero-order chi connectivity index (χ0) is 24.6. The number of hydrogen-bond donors (Lipinski definition) is 2. The summed E-state index contributed by atoms with van der Waals surface area (Å²) in [6, 6.07) is 24.0. The van der Waals surface area contributed by atoms with Gasteiger partial charge in [-0.3, -0.25) is 14.6 Å². The molecule has 0 unspecified atom stereocenters. The molecule has 1 saturated heterocycles. The van der Waals surface area contributed by atoms with Gasteiger partial charge in [0.15, 0.2) is 0 Å². The molecule has 1 aliphatic heterocycles. The molecule has 0 spiro atoms. The molecule has 35 heavy (non-hydrogen) atoms. The van der Waals surface area contributed by atoms with Crippen molar-refractivity contribution in [1.29, 1.82) is 0 Å². The molecule has 184 valence electrons. The van der Waals surface area contributed by atoms with Crippen LogP contribution in [0.5, 0.6) is 5.75 Å². The van der Waals surface area contributed by atoms with Crippen LogP contribution in [0.15, 0.2) is 72.8 Å². The van der Waals surface area contributed by atoms with Crippen LogP contribution >= 0.6 is 11.6 Å². The Morgan fingerprint density at radius 2 is 1.51 bits per heavy atom. The molecule has 0 bridgehead atoms. The molecular weight excluding hydrogens is 460 g/mol. The Kier molecular flexibility index (Phi) is 8.64. The predicted molar refractivity (Wildman–Crippen MR) is 142 cm³/mol. The molecule has 0 atom stereocenters. The molecular formula is C28H33ClN4O2. The Labute approximate surface area is 212 Å². The Balaban J connectivity index is 1.53. The number of halogens is 1. The quantitative estimate of drug-likeness (QED) is 0.455. The minimum atomic E-state index is -0.207. The summed E-state index contributed by atoms with van der Waals surface area (Å²) in [6.45, 7) is 7.32. The fraction of sp³-hybridized carbons (Fsp3) is 0.321. The van der Waals surface area contributed by atoms with Gasteiger partial charge >= 0.3 is 0 Å². The number of rotatable bonds is 8. The first-order valence-electron chi connectivity index (χ1n) is 12.1. The molecule has 3 aromatic carbocycles. The topological polar surface area (TPSA) is 70.8 Å². The number of nitrogen functional groups attached to an aromatic ring is 1. The second-order valence-corrected chi connectivity index (χ2v) is 9.32. The average molecular weight is 493 g/mol. The van der Waals surface area contributed by atoms with Gasteiger partial charge in [0, 0.05) is 45.3 Å². The number of carbonyl (C=O) groups is 1. The Bertz CT molecular complexity index is 1060. The summed E-state index contributed by atoms with van der Waals surface area (Å²) in [4.78, 5) is 18.2. The van der Waals surface area contributed by atoms with Gasteiger partial charge in [0.25, 0.3) is 5.91 Å². The molecule has 6 nitrogen and oxygen atoms in total. The van der Waals surface area contributed by atoms with E-state index in [0.717, 1.165) is 39.3 Å². The van der Waals surface area contributed by atoms with Crippen LogP contribution < -0.4 is 15.8 Å². The third-order valence-corrected chi connectivity index (χ3v) is 6.49. The number of anilines is 1. The standard InChI is InChI=1S/C28H33ClN4O2/c1-2-35-27-16-26(30)25(29)15-24(27)28(34)31-23-19-32(17-21-9-5-3-6-10-21)13-14-33(20-23)18-22-11-7-4-8-12-22/h3-12,15-16,23H,2,13-14,17-20,30H2,1H3,(H,31,34). The van der Waals surface area contributed by atoms with Crippen LogP contribution in [0.1, 0.15) is 28.4 Å². The molecule has 0 radical (unpaired) electrons. The van der Waals surface area contributed by atoms with Gasteiger partial charge in [0.1, 0.15) is 5.75 Å². The highest BCUT2D eigenvalue weighted by Gasteiger charge is 2.26. The predicted octanol–water partition coefficient (Wildman–Crippen LogP) is 4.44. The summed E-state index contributed by atoms with van der Waals surface area (Å²) in [5.74, 6) is 0.240. The van der Waals surface area contributed by atoms with E-state index in [0.29, 0.717) is 28.6 Å². The summed E-state index contributed by atoms with van der Waals surface area (Å²) in [6.07, 6.45) is 0. The van der Waals surface area contributed by atoms with E-state index < -0.39 is 0 Å². The highest BCUT2D eigenvalue weighted by molar-refractivity contribution is 6.33. The summed E-state index contributed by atoms with van der Waals surface area (Å²) < 4.78 is 5.69. The highest BCUT2D eigenvalue weighted by atomic mass is 35.5. The maximum Gasteiger partial charge on any atom is 0.255 e. The molecule has 0 saturated carbocycles. The van der Waals surface area contributed by atoms with Crippen molar-refractivity contribution in [2.45, 2.75) is 26.1 Å². The first kappa shape index (κ1) is 25.0. The maximum atomic E-state index is 13.4. The first-order chi connectivity index (χ1) is 17.0. The molecule has 0 aromatic heterocycles. The van der Waals surface area contributed by atoms with Crippen LogP contribution in [0.3, 0.4) is 0 Å². The van der Waals surface area contributed by atoms with Crippen molar-refractivity contribution in [2.75, 3.05) is 38.5 Å². The Hall–Kier alpha value is -3.06. The minimum Gasteiger partial charge on any atom is -0.493 e. The molecule has 3 aromatic rings. The van der Waals surface area contributed by atoms with Gasteiger partial charge in [-0.15, -0.1) is 0 Å². The van der Waals surface area contributed by atoms with Crippen LogP contribution in [-0.4, -0.2) is 54.5 Å². The van der Waals surface area contributed by atoms with Crippen LogP contribution in [0.4, 0.5) is 5.69 Å². The van der Waals surface area contributed by atoms with E-state index in [9.17, 15) is 4.79 Å². The maximum absolute atomic E-state index is 13.4. The van der Waals surface area contributed by atoms with Gasteiger partial charge in [-0.25, -0.2) is 0 Å². The van der Waals surface area contributed by atoms with E-state index in [1.807, 2.05) is 19.1 Å². The van der Waals surface area contributed by atoms with Crippen LogP contribution in [0.25, 0.3) is 0 Å². The lowest BCUT2D eigenvalue weighted by molar-refractivity contribution is 0.0917. The number of nitrogens with two attached hydrogens (primary N) is 1. The third-order valence-electron chi connectivity index (χ3n) is 6.17. The number of benzene rings is 3. The van der Waals surface area contributed by atoms with E-state index in [4.69, 9.17) is 22.1 Å². The molecule has 7 heteroatoms. The number of nitrogens with zero attached hydrogens (tertiary/aromatic N) is 2. The van der Waals surface area contributed by atoms with Gasteiger partial charge in [-0.1, -0.05) is 72.3 Å². The fourth-order valence-electron chi connectivity index (χ4n) is 4.49. The average Bonchev–Trinajstić information content (AvgIpc) is 3.04. The minimum absolute atomic E-state index is 0.0665. The van der Waals surface area contributed by atoms with Crippen molar-refractivity contribution in [3.05, 3.63) is 94.5 Å². The molecule has 1 heterocycles. The van der Waals surface area contributed by atoms with E-state index in [2.05, 4.69) is 63.6 Å². The molecule has 1 aliphatic rings. The molecule has 0 aliphatic carbocycles. The summed E-state index contributed by atoms with van der Waals surface area (Å²) in [5, 5.41) is 3.59. The number of nitrogens with one attached hydrogen (secondary N) is 1. The number of hydrogen-bond acceptors (Lipinski definition) is 5. The summed E-state index contributed by atoms with van der Waals surface area (Å²) in [5.41, 5.74) is 9.27. The van der Waals surface area contributed by atoms with Crippen molar-refractivity contribution in [2.24, 2.45) is 0 Å². The van der Waals surface area contributed by atoms with Crippen molar-refractivity contribution >= 4 is 23.2 Å². The molecule has 1 fully saturated rings. The van der Waals surface area contributed by atoms with Gasteiger partial charge in [0.2, 0.25) is 0 Å². The lowest BCUT2D eigenvalue weighted by atomic mass is 10.1. The van der Waals surface area contributed by atoms with Gasteiger partial charge in [-0.2, -0.15) is 0 Å². The number of amides is 1. The second-order valence-electron chi connectivity index (χ2n) is 8.91. The molecule has 4 rings (SSSR count). The van der Waals surface area contributed by atoms with Crippen molar-refractivity contribution in [3.8, 4) is 5.75 Å². The van der Waals surface area contributed by atoms with E-state index in [1.54, 1.807) is 12.1 Å². The number of carbonyl (C=O) groups excluding carboxylic acids is 1. The SMILES string of the molecule is CCOc1cc(N)c(Cl)cc1C(=O)NC1CN(Cc2ccccc2)CCN(Cc2ccccc2)C1. The van der Waals surface area contributed by atoms with Crippen LogP contribution in [0, 0.1) is 0 Å². The molecule has 3 N–H and O–H groups in total. The van der Waals surface area contributed by atoms with Gasteiger partial charge in [0.05, 0.1) is 28.9 Å². The second kappa shape index (κ2) is 12.1. The van der Waals surface area contributed by atoms with Crippen LogP contribution in [-0.2, 0) is 13.1 Å². The number of ether oxygens (including phenoxy) is 1. The summed E-state index contributed by atoms with van der Waals surface area (Å²) in [7, 11) is 0. The monoisotopic (exact) mass is 492 g/mol. The lowest BCUT2D eigenvalue weighted by Crippen LogP contribution is -2.46. The third kappa shape index (κ3) is 6.98. The molecule has 1 amide bonds. The van der Waals surface area contributed by atoms with Gasteiger partial charge in [-0.05, 0) is 24.1 Å². The van der Waals surface area contributed by atoms with Gasteiger partial charge < -0.3 is 15.8 Å². The van der Waals surface area contributed by atoms with Crippen LogP contribution in [0.2, 0.25) is 5.02 Å². The van der Waals surface area contributed by atoms with E-state index >= 15 is 0 Å². The largest absolute Gasteiger partial charge is 0.493 e.